The number of para-hydroxylation sites is 1. The maximum absolute atomic E-state index is 12.7. The number of aryl methyl sites for hydroxylation is 1. The third-order valence-corrected chi connectivity index (χ3v) is 5.51. The zero-order valence-electron chi connectivity index (χ0n) is 19.1. The lowest BCUT2D eigenvalue weighted by Gasteiger charge is -2.12. The summed E-state index contributed by atoms with van der Waals surface area (Å²) in [5.74, 6) is 0.693. The number of thiol groups is 1. The molecule has 3 aromatic carbocycles. The van der Waals surface area contributed by atoms with Gasteiger partial charge in [0.1, 0.15) is 23.7 Å². The maximum Gasteiger partial charge on any atom is 0.269 e. The van der Waals surface area contributed by atoms with Crippen LogP contribution in [-0.4, -0.2) is 27.8 Å². The average molecular weight is 483 g/mol. The van der Waals surface area contributed by atoms with Crippen LogP contribution in [0.3, 0.4) is 0 Å². The van der Waals surface area contributed by atoms with E-state index in [1.807, 2.05) is 49.4 Å². The van der Waals surface area contributed by atoms with Gasteiger partial charge in [-0.15, -0.1) is 17.7 Å². The molecule has 0 saturated heterocycles. The van der Waals surface area contributed by atoms with Crippen molar-refractivity contribution in [1.29, 1.82) is 5.26 Å². The summed E-state index contributed by atoms with van der Waals surface area (Å²) >= 11 is 4.35. The van der Waals surface area contributed by atoms with Gasteiger partial charge >= 0.3 is 0 Å². The van der Waals surface area contributed by atoms with Crippen molar-refractivity contribution < 1.29 is 9.53 Å². The zero-order valence-corrected chi connectivity index (χ0v) is 20.0. The average Bonchev–Trinajstić information content (AvgIpc) is 3.37. The number of nitrogens with one attached hydrogen (secondary N) is 2. The van der Waals surface area contributed by atoms with Crippen LogP contribution in [0.4, 0.5) is 11.4 Å². The van der Waals surface area contributed by atoms with E-state index in [0.29, 0.717) is 22.9 Å². The van der Waals surface area contributed by atoms with Gasteiger partial charge in [0.25, 0.3) is 5.91 Å². The van der Waals surface area contributed by atoms with E-state index in [1.165, 1.54) is 0 Å². The van der Waals surface area contributed by atoms with Crippen LogP contribution in [0.5, 0.6) is 5.75 Å². The number of ether oxygens (including phenoxy) is 1. The fourth-order valence-corrected chi connectivity index (χ4v) is 3.57. The normalized spacial score (nSPS) is 11.3. The quantitative estimate of drug-likeness (QED) is 0.195. The zero-order chi connectivity index (χ0) is 24.8. The number of amides is 1. The van der Waals surface area contributed by atoms with Crippen molar-refractivity contribution in [3.8, 4) is 28.9 Å². The van der Waals surface area contributed by atoms with Gasteiger partial charge < -0.3 is 15.4 Å². The summed E-state index contributed by atoms with van der Waals surface area (Å²) < 4.78 is 6.90. The molecule has 0 fully saturated rings. The Morgan fingerprint density at radius 3 is 2.46 bits per heavy atom. The Bertz CT molecular complexity index is 1420. The lowest BCUT2D eigenvalue weighted by molar-refractivity contribution is -0.112. The van der Waals surface area contributed by atoms with Crippen molar-refractivity contribution in [1.82, 2.24) is 14.8 Å². The lowest BCUT2D eigenvalue weighted by atomic mass is 10.2. The summed E-state index contributed by atoms with van der Waals surface area (Å²) in [7, 11) is 1.59. The minimum absolute atomic E-state index is 0.143. The fraction of sp³-hybridized carbons (Fsp3) is 0.0769. The Kier molecular flexibility index (Phi) is 7.14. The molecule has 0 spiro atoms. The van der Waals surface area contributed by atoms with Gasteiger partial charge in [-0.05, 0) is 67.1 Å². The Labute approximate surface area is 208 Å². The van der Waals surface area contributed by atoms with Crippen molar-refractivity contribution >= 4 is 29.9 Å². The molecule has 4 rings (SSSR count). The first-order valence-electron chi connectivity index (χ1n) is 10.6. The molecule has 0 aliphatic rings. The van der Waals surface area contributed by atoms with Crippen LogP contribution in [0.15, 0.2) is 89.7 Å². The van der Waals surface area contributed by atoms with Crippen molar-refractivity contribution in [2.24, 2.45) is 0 Å². The predicted molar refractivity (Wildman–Crippen MR) is 138 cm³/mol. The molecule has 1 amide bonds. The topological polar surface area (TPSA) is 105 Å². The number of carbonyl (C=O) groups excluding carboxylic acids is 1. The number of methoxy groups -OCH3 is 1. The minimum atomic E-state index is -0.574. The van der Waals surface area contributed by atoms with E-state index in [4.69, 9.17) is 4.74 Å². The Hall–Kier alpha value is -4.55. The van der Waals surface area contributed by atoms with Crippen LogP contribution in [0.25, 0.3) is 17.1 Å². The molecule has 1 heterocycles. The molecule has 9 heteroatoms. The van der Waals surface area contributed by atoms with Crippen LogP contribution >= 0.6 is 12.6 Å². The number of carbonyl (C=O) groups is 1. The third kappa shape index (κ3) is 5.51. The van der Waals surface area contributed by atoms with Gasteiger partial charge in [-0.2, -0.15) is 5.26 Å². The first-order valence-corrected chi connectivity index (χ1v) is 11.1. The second kappa shape index (κ2) is 10.6. The van der Waals surface area contributed by atoms with E-state index in [-0.39, 0.29) is 10.6 Å². The summed E-state index contributed by atoms with van der Waals surface area (Å²) in [4.78, 5) is 17.1. The monoisotopic (exact) mass is 482 g/mol. The van der Waals surface area contributed by atoms with Gasteiger partial charge in [-0.1, -0.05) is 18.2 Å². The van der Waals surface area contributed by atoms with Gasteiger partial charge in [0.05, 0.1) is 17.8 Å². The first-order chi connectivity index (χ1) is 17.0. The van der Waals surface area contributed by atoms with Crippen molar-refractivity contribution in [3.05, 3.63) is 95.3 Å². The highest BCUT2D eigenvalue weighted by Gasteiger charge is 2.15. The molecule has 0 atom stereocenters. The number of hydrogen-bond acceptors (Lipinski definition) is 7. The van der Waals surface area contributed by atoms with E-state index in [0.717, 1.165) is 16.8 Å². The number of anilines is 2. The highest BCUT2D eigenvalue weighted by atomic mass is 32.1. The lowest BCUT2D eigenvalue weighted by Crippen LogP contribution is -2.16. The number of nitrogens with zero attached hydrogens (tertiary/aromatic N) is 4. The van der Waals surface area contributed by atoms with Crippen molar-refractivity contribution in [3.63, 3.8) is 0 Å². The van der Waals surface area contributed by atoms with Gasteiger partial charge in [0, 0.05) is 16.9 Å². The highest BCUT2D eigenvalue weighted by molar-refractivity contribution is 7.84. The van der Waals surface area contributed by atoms with Crippen LogP contribution in [-0.2, 0) is 4.79 Å². The molecule has 35 heavy (non-hydrogen) atoms. The summed E-state index contributed by atoms with van der Waals surface area (Å²) in [5.41, 5.74) is 3.68. The van der Waals surface area contributed by atoms with E-state index in [1.54, 1.807) is 54.5 Å². The standard InChI is InChI=1S/C26H22N6O2S/c1-17-14-21(34-2)12-13-23(17)30-26(35)22(15-27)25(33)29-19-10-8-18(9-11-19)24-28-16-32(31-24)20-6-4-3-5-7-20/h3-14,16,30,35H,1-2H3,(H,29,33)/b26-22-. The minimum Gasteiger partial charge on any atom is -0.497 e. The van der Waals surface area contributed by atoms with Crippen LogP contribution in [0.1, 0.15) is 5.56 Å². The summed E-state index contributed by atoms with van der Waals surface area (Å²) in [6.45, 7) is 1.89. The molecular weight excluding hydrogens is 460 g/mol. The first kappa shape index (κ1) is 23.6. The second-order valence-electron chi connectivity index (χ2n) is 7.52. The highest BCUT2D eigenvalue weighted by Crippen LogP contribution is 2.25. The number of rotatable bonds is 7. The van der Waals surface area contributed by atoms with Crippen LogP contribution in [0.2, 0.25) is 0 Å². The molecule has 1 aromatic heterocycles. The Morgan fingerprint density at radius 2 is 1.80 bits per heavy atom. The number of benzene rings is 3. The summed E-state index contributed by atoms with van der Waals surface area (Å²) in [5, 5.41) is 20.0. The summed E-state index contributed by atoms with van der Waals surface area (Å²) in [6, 6.07) is 24.1. The predicted octanol–water partition coefficient (Wildman–Crippen LogP) is 4.97. The fourth-order valence-electron chi connectivity index (χ4n) is 3.30. The largest absolute Gasteiger partial charge is 0.497 e. The SMILES string of the molecule is COc1ccc(N/C(S)=C(\C#N)C(=O)Nc2ccc(-c3ncn(-c4ccccc4)n3)cc2)c(C)c1. The number of hydrogen-bond donors (Lipinski definition) is 3. The van der Waals surface area contributed by atoms with E-state index >= 15 is 0 Å². The molecule has 0 bridgehead atoms. The Balaban J connectivity index is 1.46. The van der Waals surface area contributed by atoms with E-state index in [2.05, 4.69) is 33.3 Å². The van der Waals surface area contributed by atoms with Gasteiger partial charge in [0.15, 0.2) is 5.82 Å². The van der Waals surface area contributed by atoms with E-state index in [9.17, 15) is 10.1 Å². The van der Waals surface area contributed by atoms with Gasteiger partial charge in [-0.25, -0.2) is 9.67 Å². The van der Waals surface area contributed by atoms with E-state index < -0.39 is 5.91 Å². The smallest absolute Gasteiger partial charge is 0.269 e. The molecule has 8 nitrogen and oxygen atoms in total. The van der Waals surface area contributed by atoms with Crippen molar-refractivity contribution in [2.45, 2.75) is 6.92 Å². The molecule has 174 valence electrons. The van der Waals surface area contributed by atoms with Gasteiger partial charge in [0.2, 0.25) is 0 Å². The molecule has 0 unspecified atom stereocenters. The molecule has 0 saturated carbocycles. The third-order valence-electron chi connectivity index (χ3n) is 5.18. The van der Waals surface area contributed by atoms with Gasteiger partial charge in [-0.3, -0.25) is 4.79 Å². The van der Waals surface area contributed by atoms with Crippen LogP contribution < -0.4 is 15.4 Å². The Morgan fingerprint density at radius 1 is 1.06 bits per heavy atom. The molecule has 0 aliphatic carbocycles. The molecule has 4 aromatic rings. The second-order valence-corrected chi connectivity index (χ2v) is 7.97. The van der Waals surface area contributed by atoms with Crippen molar-refractivity contribution in [2.75, 3.05) is 17.7 Å². The molecule has 0 aliphatic heterocycles. The molecule has 0 radical (unpaired) electrons. The summed E-state index contributed by atoms with van der Waals surface area (Å²) in [6.07, 6.45) is 1.65. The molecular formula is C26H22N6O2S. The number of nitriles is 1. The van der Waals surface area contributed by atoms with Crippen LogP contribution in [0, 0.1) is 18.3 Å². The number of aromatic nitrogens is 3. The maximum atomic E-state index is 12.7. The molecule has 2 N–H and O–H groups in total.